The number of nitrogens with one attached hydrogen (secondary N) is 1. The van der Waals surface area contributed by atoms with E-state index in [1.165, 1.54) is 0 Å². The highest BCUT2D eigenvalue weighted by Crippen LogP contribution is 1.66. The molecule has 0 unspecified atom stereocenters. The van der Waals surface area contributed by atoms with E-state index in [-0.39, 0.29) is 31.4 Å². The number of nitrogens with two attached hydrogens (primary N) is 1. The lowest BCUT2D eigenvalue weighted by atomic mass is 10.4. The van der Waals surface area contributed by atoms with Gasteiger partial charge in [0, 0.05) is 6.54 Å². The van der Waals surface area contributed by atoms with Crippen LogP contribution in [0.15, 0.2) is 0 Å². The molecule has 0 fully saturated rings. The van der Waals surface area contributed by atoms with Crippen molar-refractivity contribution in [3.05, 3.63) is 0 Å². The molecule has 0 aromatic heterocycles. The average molecular weight is 191 g/mol. The minimum Gasteiger partial charge on any atom is -0.395 e. The van der Waals surface area contributed by atoms with E-state index in [4.69, 9.17) is 10.8 Å². The van der Waals surface area contributed by atoms with Gasteiger partial charge in [0.25, 0.3) is 0 Å². The third-order valence-corrected chi connectivity index (χ3v) is 0.846. The van der Waals surface area contributed by atoms with Gasteiger partial charge < -0.3 is 16.2 Å². The van der Waals surface area contributed by atoms with Crippen molar-refractivity contribution in [3.8, 4) is 0 Å². The highest BCUT2D eigenvalue weighted by atomic mass is 35.5. The summed E-state index contributed by atoms with van der Waals surface area (Å²) in [5.74, 6) is 0. The number of aliphatic hydroxyl groups is 1. The van der Waals surface area contributed by atoms with E-state index in [1.807, 2.05) is 0 Å². The summed E-state index contributed by atoms with van der Waals surface area (Å²) in [6.45, 7) is 2.53. The SMILES string of the molecule is Cl.Cl.NCCCNCCO. The highest BCUT2D eigenvalue weighted by Gasteiger charge is 1.81. The second-order valence-electron chi connectivity index (χ2n) is 1.62. The van der Waals surface area contributed by atoms with Gasteiger partial charge >= 0.3 is 0 Å². The molecule has 0 atom stereocenters. The lowest BCUT2D eigenvalue weighted by molar-refractivity contribution is 0.292. The van der Waals surface area contributed by atoms with Gasteiger partial charge in [-0.2, -0.15) is 0 Å². The summed E-state index contributed by atoms with van der Waals surface area (Å²) in [7, 11) is 0. The van der Waals surface area contributed by atoms with Gasteiger partial charge in [-0.05, 0) is 19.5 Å². The van der Waals surface area contributed by atoms with Crippen LogP contribution in [0.25, 0.3) is 0 Å². The smallest absolute Gasteiger partial charge is 0.0555 e. The van der Waals surface area contributed by atoms with Gasteiger partial charge in [-0.15, -0.1) is 24.8 Å². The number of hydrogen-bond donors (Lipinski definition) is 3. The van der Waals surface area contributed by atoms with Gasteiger partial charge in [-0.1, -0.05) is 0 Å². The van der Waals surface area contributed by atoms with Crippen molar-refractivity contribution < 1.29 is 5.11 Å². The Kier molecular flexibility index (Phi) is 27.3. The summed E-state index contributed by atoms with van der Waals surface area (Å²) >= 11 is 0. The summed E-state index contributed by atoms with van der Waals surface area (Å²) in [6.07, 6.45) is 0.986. The van der Waals surface area contributed by atoms with Crippen LogP contribution in [0.1, 0.15) is 6.42 Å². The number of hydrogen-bond acceptors (Lipinski definition) is 3. The average Bonchev–Trinajstić information content (AvgIpc) is 1.81. The van der Waals surface area contributed by atoms with E-state index in [0.717, 1.165) is 19.5 Å². The van der Waals surface area contributed by atoms with E-state index >= 15 is 0 Å². The van der Waals surface area contributed by atoms with E-state index in [1.54, 1.807) is 0 Å². The van der Waals surface area contributed by atoms with Crippen LogP contribution in [0.4, 0.5) is 0 Å². The molecule has 0 spiro atoms. The summed E-state index contributed by atoms with van der Waals surface area (Å²) in [4.78, 5) is 0. The molecule has 0 amide bonds. The first kappa shape index (κ1) is 16.8. The monoisotopic (exact) mass is 190 g/mol. The van der Waals surface area contributed by atoms with E-state index in [0.29, 0.717) is 6.54 Å². The molecular formula is C5H16Cl2N2O. The van der Waals surface area contributed by atoms with Gasteiger partial charge in [0.2, 0.25) is 0 Å². The zero-order chi connectivity index (χ0) is 6.24. The maximum absolute atomic E-state index is 8.27. The summed E-state index contributed by atoms with van der Waals surface area (Å²) in [5, 5.41) is 11.3. The minimum atomic E-state index is 0. The van der Waals surface area contributed by atoms with E-state index in [9.17, 15) is 0 Å². The topological polar surface area (TPSA) is 58.3 Å². The number of halogens is 2. The molecule has 5 heteroatoms. The van der Waals surface area contributed by atoms with Crippen LogP contribution in [0.3, 0.4) is 0 Å². The maximum Gasteiger partial charge on any atom is 0.0555 e. The Hall–Kier alpha value is 0.460. The molecule has 0 rings (SSSR count). The van der Waals surface area contributed by atoms with Gasteiger partial charge in [0.05, 0.1) is 6.61 Å². The predicted molar refractivity (Wildman–Crippen MR) is 48.1 cm³/mol. The van der Waals surface area contributed by atoms with Crippen LogP contribution in [0.2, 0.25) is 0 Å². The molecular weight excluding hydrogens is 175 g/mol. The molecule has 0 radical (unpaired) electrons. The molecule has 0 aliphatic rings. The molecule has 0 heterocycles. The molecule has 3 nitrogen and oxygen atoms in total. The van der Waals surface area contributed by atoms with Crippen molar-refractivity contribution in [3.63, 3.8) is 0 Å². The molecule has 0 saturated carbocycles. The van der Waals surface area contributed by atoms with Crippen LogP contribution in [0.5, 0.6) is 0 Å². The van der Waals surface area contributed by atoms with E-state index in [2.05, 4.69) is 5.32 Å². The van der Waals surface area contributed by atoms with Crippen molar-refractivity contribution in [2.45, 2.75) is 6.42 Å². The van der Waals surface area contributed by atoms with Crippen molar-refractivity contribution in [2.24, 2.45) is 5.73 Å². The summed E-state index contributed by atoms with van der Waals surface area (Å²) < 4.78 is 0. The molecule has 0 aromatic rings. The van der Waals surface area contributed by atoms with Gasteiger partial charge in [0.1, 0.15) is 0 Å². The molecule has 0 aromatic carbocycles. The third-order valence-electron chi connectivity index (χ3n) is 0.846. The second kappa shape index (κ2) is 16.2. The zero-order valence-corrected chi connectivity index (χ0v) is 7.51. The normalized spacial score (nSPS) is 7.80. The quantitative estimate of drug-likeness (QED) is 0.525. The Morgan fingerprint density at radius 1 is 1.20 bits per heavy atom. The van der Waals surface area contributed by atoms with Crippen molar-refractivity contribution in [1.82, 2.24) is 5.32 Å². The minimum absolute atomic E-state index is 0. The molecule has 4 N–H and O–H groups in total. The van der Waals surface area contributed by atoms with E-state index < -0.39 is 0 Å². The van der Waals surface area contributed by atoms with Gasteiger partial charge in [-0.3, -0.25) is 0 Å². The highest BCUT2D eigenvalue weighted by molar-refractivity contribution is 5.85. The Labute approximate surface area is 74.2 Å². The van der Waals surface area contributed by atoms with Crippen molar-refractivity contribution >= 4 is 24.8 Å². The van der Waals surface area contributed by atoms with Crippen LogP contribution in [0, 0.1) is 0 Å². The fraction of sp³-hybridized carbons (Fsp3) is 1.00. The first-order chi connectivity index (χ1) is 3.91. The lowest BCUT2D eigenvalue weighted by Gasteiger charge is -1.97. The van der Waals surface area contributed by atoms with Crippen LogP contribution >= 0.6 is 24.8 Å². The fourth-order valence-corrected chi connectivity index (χ4v) is 0.431. The van der Waals surface area contributed by atoms with Gasteiger partial charge in [-0.25, -0.2) is 0 Å². The van der Waals surface area contributed by atoms with Crippen LogP contribution in [-0.2, 0) is 0 Å². The molecule has 0 saturated heterocycles. The summed E-state index contributed by atoms with van der Waals surface area (Å²) in [6, 6.07) is 0. The molecule has 0 bridgehead atoms. The lowest BCUT2D eigenvalue weighted by Crippen LogP contribution is -2.21. The van der Waals surface area contributed by atoms with Crippen molar-refractivity contribution in [1.29, 1.82) is 0 Å². The van der Waals surface area contributed by atoms with Crippen LogP contribution in [-0.4, -0.2) is 31.3 Å². The largest absolute Gasteiger partial charge is 0.395 e. The Morgan fingerprint density at radius 3 is 2.20 bits per heavy atom. The zero-order valence-electron chi connectivity index (χ0n) is 5.88. The predicted octanol–water partition coefficient (Wildman–Crippen LogP) is -0.239. The standard InChI is InChI=1S/C5H14N2O.2ClH/c6-2-1-3-7-4-5-8;;/h7-8H,1-6H2;2*1H. The molecule has 0 aliphatic carbocycles. The first-order valence-corrected chi connectivity index (χ1v) is 2.93. The number of aliphatic hydroxyl groups excluding tert-OH is 1. The molecule has 10 heavy (non-hydrogen) atoms. The van der Waals surface area contributed by atoms with Crippen LogP contribution < -0.4 is 11.1 Å². The number of rotatable bonds is 5. The fourth-order valence-electron chi connectivity index (χ4n) is 0.431. The second-order valence-corrected chi connectivity index (χ2v) is 1.62. The van der Waals surface area contributed by atoms with Crippen molar-refractivity contribution in [2.75, 3.05) is 26.2 Å². The Balaban J connectivity index is -0.000000245. The molecule has 0 aliphatic heterocycles. The third kappa shape index (κ3) is 15.8. The summed E-state index contributed by atoms with van der Waals surface area (Å²) in [5.41, 5.74) is 5.21. The Bertz CT molecular complexity index is 42.6. The molecule has 66 valence electrons. The maximum atomic E-state index is 8.27. The Morgan fingerprint density at radius 2 is 1.80 bits per heavy atom. The first-order valence-electron chi connectivity index (χ1n) is 2.93. The van der Waals surface area contributed by atoms with Gasteiger partial charge in [0.15, 0.2) is 0 Å².